The van der Waals surface area contributed by atoms with Crippen LogP contribution in [0.5, 0.6) is 0 Å². The van der Waals surface area contributed by atoms with Crippen molar-refractivity contribution in [1.82, 2.24) is 10.2 Å². The van der Waals surface area contributed by atoms with Crippen LogP contribution in [-0.4, -0.2) is 48.7 Å². The quantitative estimate of drug-likeness (QED) is 0.688. The summed E-state index contributed by atoms with van der Waals surface area (Å²) in [7, 11) is 1.93. The molecule has 1 fully saturated rings. The molecule has 2 unspecified atom stereocenters. The van der Waals surface area contributed by atoms with Crippen molar-refractivity contribution in [2.45, 2.75) is 32.3 Å². The van der Waals surface area contributed by atoms with Crippen LogP contribution >= 0.6 is 0 Å². The summed E-state index contributed by atoms with van der Waals surface area (Å²) in [5, 5.41) is 12.4. The molecule has 4 heteroatoms. The lowest BCUT2D eigenvalue weighted by Gasteiger charge is -2.22. The lowest BCUT2D eigenvalue weighted by molar-refractivity contribution is -0.122. The zero-order valence-electron chi connectivity index (χ0n) is 9.70. The van der Waals surface area contributed by atoms with Crippen molar-refractivity contribution in [2.24, 2.45) is 5.92 Å². The van der Waals surface area contributed by atoms with Crippen LogP contribution in [0.2, 0.25) is 0 Å². The molecule has 2 atom stereocenters. The van der Waals surface area contributed by atoms with E-state index >= 15 is 0 Å². The van der Waals surface area contributed by atoms with Gasteiger partial charge in [0.15, 0.2) is 0 Å². The Morgan fingerprint density at radius 1 is 1.53 bits per heavy atom. The van der Waals surface area contributed by atoms with Crippen molar-refractivity contribution in [3.05, 3.63) is 0 Å². The normalized spacial score (nSPS) is 25.9. The topological polar surface area (TPSA) is 52.6 Å². The predicted molar refractivity (Wildman–Crippen MR) is 59.5 cm³/mol. The molecular weight excluding hydrogens is 192 g/mol. The van der Waals surface area contributed by atoms with Gasteiger partial charge in [0.1, 0.15) is 0 Å². The zero-order chi connectivity index (χ0) is 11.3. The molecule has 0 aliphatic heterocycles. The Hall–Kier alpha value is -0.610. The van der Waals surface area contributed by atoms with Crippen molar-refractivity contribution < 1.29 is 9.90 Å². The van der Waals surface area contributed by atoms with Gasteiger partial charge in [-0.15, -0.1) is 0 Å². The van der Waals surface area contributed by atoms with Gasteiger partial charge in [0.25, 0.3) is 0 Å². The van der Waals surface area contributed by atoms with E-state index in [-0.39, 0.29) is 12.0 Å². The van der Waals surface area contributed by atoms with E-state index in [1.54, 1.807) is 0 Å². The summed E-state index contributed by atoms with van der Waals surface area (Å²) in [5.41, 5.74) is 0. The molecule has 0 aromatic rings. The molecule has 15 heavy (non-hydrogen) atoms. The number of aliphatic hydroxyl groups excluding tert-OH is 1. The minimum Gasteiger partial charge on any atom is -0.393 e. The van der Waals surface area contributed by atoms with Crippen molar-refractivity contribution in [1.29, 1.82) is 0 Å². The smallest absolute Gasteiger partial charge is 0.234 e. The molecule has 1 rings (SSSR count). The van der Waals surface area contributed by atoms with Crippen LogP contribution in [0.1, 0.15) is 26.2 Å². The summed E-state index contributed by atoms with van der Waals surface area (Å²) in [6.07, 6.45) is 2.95. The molecule has 2 N–H and O–H groups in total. The number of amides is 1. The highest BCUT2D eigenvalue weighted by Crippen LogP contribution is 2.25. The van der Waals surface area contributed by atoms with Crippen LogP contribution in [-0.2, 0) is 4.79 Å². The average molecular weight is 214 g/mol. The van der Waals surface area contributed by atoms with Gasteiger partial charge in [0, 0.05) is 13.1 Å². The Balaban J connectivity index is 2.22. The first kappa shape index (κ1) is 12.5. The highest BCUT2D eigenvalue weighted by molar-refractivity contribution is 5.77. The van der Waals surface area contributed by atoms with Gasteiger partial charge < -0.3 is 10.4 Å². The number of hydrogen-bond acceptors (Lipinski definition) is 3. The Morgan fingerprint density at radius 3 is 2.80 bits per heavy atom. The van der Waals surface area contributed by atoms with E-state index in [4.69, 9.17) is 0 Å². The molecule has 1 aliphatic rings. The van der Waals surface area contributed by atoms with Gasteiger partial charge in [-0.25, -0.2) is 0 Å². The lowest BCUT2D eigenvalue weighted by atomic mass is 10.1. The summed E-state index contributed by atoms with van der Waals surface area (Å²) in [6, 6.07) is 0. The molecule has 1 saturated carbocycles. The maximum absolute atomic E-state index is 11.3. The van der Waals surface area contributed by atoms with E-state index < -0.39 is 0 Å². The highest BCUT2D eigenvalue weighted by atomic mass is 16.3. The average Bonchev–Trinajstić information content (AvgIpc) is 2.52. The van der Waals surface area contributed by atoms with Crippen molar-refractivity contribution in [3.8, 4) is 0 Å². The number of aliphatic hydroxyl groups is 1. The Kier molecular flexibility index (Phi) is 5.05. The molecule has 4 nitrogen and oxygen atoms in total. The molecule has 0 heterocycles. The zero-order valence-corrected chi connectivity index (χ0v) is 9.70. The maximum atomic E-state index is 11.3. The fourth-order valence-corrected chi connectivity index (χ4v) is 2.19. The molecule has 0 saturated heterocycles. The SMILES string of the molecule is CCNC(=O)CN(C)CC1CCCC1O. The molecule has 0 bridgehead atoms. The minimum absolute atomic E-state index is 0.0625. The van der Waals surface area contributed by atoms with E-state index in [9.17, 15) is 9.90 Å². The van der Waals surface area contributed by atoms with Crippen molar-refractivity contribution in [2.75, 3.05) is 26.7 Å². The van der Waals surface area contributed by atoms with E-state index in [1.807, 2.05) is 18.9 Å². The van der Waals surface area contributed by atoms with Gasteiger partial charge in [0.2, 0.25) is 5.91 Å². The van der Waals surface area contributed by atoms with Crippen molar-refractivity contribution >= 4 is 5.91 Å². The number of nitrogens with one attached hydrogen (secondary N) is 1. The molecule has 0 spiro atoms. The number of hydrogen-bond donors (Lipinski definition) is 2. The number of rotatable bonds is 5. The summed E-state index contributed by atoms with van der Waals surface area (Å²) in [6.45, 7) is 3.84. The molecule has 1 amide bonds. The van der Waals surface area contributed by atoms with Crippen LogP contribution in [0.3, 0.4) is 0 Å². The van der Waals surface area contributed by atoms with Crippen LogP contribution in [0.25, 0.3) is 0 Å². The first-order valence-electron chi connectivity index (χ1n) is 5.76. The molecule has 0 aromatic heterocycles. The highest BCUT2D eigenvalue weighted by Gasteiger charge is 2.26. The summed E-state index contributed by atoms with van der Waals surface area (Å²) < 4.78 is 0. The molecule has 88 valence electrons. The first-order chi connectivity index (χ1) is 7.13. The maximum Gasteiger partial charge on any atom is 0.234 e. The summed E-state index contributed by atoms with van der Waals surface area (Å²) in [5.74, 6) is 0.414. The van der Waals surface area contributed by atoms with E-state index in [1.165, 1.54) is 0 Å². The summed E-state index contributed by atoms with van der Waals surface area (Å²) >= 11 is 0. The number of likely N-dealkylation sites (N-methyl/N-ethyl adjacent to an activating group) is 2. The van der Waals surface area contributed by atoms with Gasteiger partial charge in [-0.05, 0) is 32.7 Å². The number of nitrogens with zero attached hydrogens (tertiary/aromatic N) is 1. The first-order valence-corrected chi connectivity index (χ1v) is 5.76. The van der Waals surface area contributed by atoms with E-state index in [0.717, 1.165) is 25.8 Å². The standard InChI is InChI=1S/C11H22N2O2/c1-3-12-11(15)8-13(2)7-9-5-4-6-10(9)14/h9-10,14H,3-8H2,1-2H3,(H,12,15). The monoisotopic (exact) mass is 214 g/mol. The Bertz CT molecular complexity index is 209. The second kappa shape index (κ2) is 6.08. The van der Waals surface area contributed by atoms with Gasteiger partial charge in [-0.1, -0.05) is 6.42 Å². The second-order valence-electron chi connectivity index (χ2n) is 4.41. The van der Waals surface area contributed by atoms with Crippen LogP contribution in [0.15, 0.2) is 0 Å². The molecule has 1 aliphatic carbocycles. The predicted octanol–water partition coefficient (Wildman–Crippen LogP) is 0.215. The van der Waals surface area contributed by atoms with Gasteiger partial charge >= 0.3 is 0 Å². The molecular formula is C11H22N2O2. The minimum atomic E-state index is -0.165. The van der Waals surface area contributed by atoms with Crippen molar-refractivity contribution in [3.63, 3.8) is 0 Å². The van der Waals surface area contributed by atoms with Crippen LogP contribution < -0.4 is 5.32 Å². The fraction of sp³-hybridized carbons (Fsp3) is 0.909. The largest absolute Gasteiger partial charge is 0.393 e. The van der Waals surface area contributed by atoms with Gasteiger partial charge in [-0.2, -0.15) is 0 Å². The van der Waals surface area contributed by atoms with Gasteiger partial charge in [0.05, 0.1) is 12.6 Å². The third kappa shape index (κ3) is 4.18. The summed E-state index contributed by atoms with van der Waals surface area (Å²) in [4.78, 5) is 13.3. The number of carbonyl (C=O) groups is 1. The van der Waals surface area contributed by atoms with E-state index in [2.05, 4.69) is 5.32 Å². The fourth-order valence-electron chi connectivity index (χ4n) is 2.19. The second-order valence-corrected chi connectivity index (χ2v) is 4.41. The lowest BCUT2D eigenvalue weighted by Crippen LogP contribution is -2.38. The molecule has 0 aromatic carbocycles. The van der Waals surface area contributed by atoms with E-state index in [0.29, 0.717) is 19.0 Å². The third-order valence-corrected chi connectivity index (χ3v) is 2.95. The van der Waals surface area contributed by atoms with Crippen LogP contribution in [0.4, 0.5) is 0 Å². The van der Waals surface area contributed by atoms with Crippen LogP contribution in [0, 0.1) is 5.92 Å². The Morgan fingerprint density at radius 2 is 2.27 bits per heavy atom. The number of carbonyl (C=O) groups excluding carboxylic acids is 1. The van der Waals surface area contributed by atoms with Gasteiger partial charge in [-0.3, -0.25) is 9.69 Å². The molecule has 0 radical (unpaired) electrons. The Labute approximate surface area is 91.6 Å². The third-order valence-electron chi connectivity index (χ3n) is 2.95.